The maximum absolute atomic E-state index is 13.0. The van der Waals surface area contributed by atoms with E-state index in [1.807, 2.05) is 56.3 Å². The van der Waals surface area contributed by atoms with Crippen molar-refractivity contribution in [3.05, 3.63) is 75.0 Å². The van der Waals surface area contributed by atoms with Crippen molar-refractivity contribution in [3.8, 4) is 17.0 Å². The normalized spacial score (nSPS) is 11.1. The summed E-state index contributed by atoms with van der Waals surface area (Å²) in [4.78, 5) is 17.4. The fraction of sp³-hybridized carbons (Fsp3) is 0.190. The van der Waals surface area contributed by atoms with Crippen LogP contribution < -0.4 is 10.3 Å². The maximum atomic E-state index is 13.0. The standard InChI is InChI=1S/C21H19N3O2S/c1-13-6-4-7-15(10-13)12-24-21(25)19-20(27-14(2)22-19)18(23-24)16-8-5-9-17(11-16)26-3/h4-11H,12H2,1-3H3. The number of ether oxygens (including phenoxy) is 1. The monoisotopic (exact) mass is 377 g/mol. The number of thiazole rings is 1. The predicted octanol–water partition coefficient (Wildman–Crippen LogP) is 4.19. The van der Waals surface area contributed by atoms with E-state index in [9.17, 15) is 4.79 Å². The van der Waals surface area contributed by atoms with Crippen LogP contribution in [-0.2, 0) is 6.54 Å². The summed E-state index contributed by atoms with van der Waals surface area (Å²) >= 11 is 1.49. The van der Waals surface area contributed by atoms with Crippen molar-refractivity contribution in [2.75, 3.05) is 7.11 Å². The quantitative estimate of drug-likeness (QED) is 0.535. The highest BCUT2D eigenvalue weighted by atomic mass is 32.1. The number of hydrogen-bond acceptors (Lipinski definition) is 5. The van der Waals surface area contributed by atoms with Crippen LogP contribution in [0.15, 0.2) is 53.3 Å². The molecule has 2 heterocycles. The first kappa shape index (κ1) is 17.4. The van der Waals surface area contributed by atoms with Gasteiger partial charge < -0.3 is 4.74 Å². The van der Waals surface area contributed by atoms with Crippen molar-refractivity contribution in [1.82, 2.24) is 14.8 Å². The minimum Gasteiger partial charge on any atom is -0.497 e. The molecule has 0 aliphatic carbocycles. The fourth-order valence-electron chi connectivity index (χ4n) is 3.12. The minimum atomic E-state index is -0.164. The molecule has 0 spiro atoms. The molecule has 0 unspecified atom stereocenters. The zero-order valence-corrected chi connectivity index (χ0v) is 16.2. The summed E-state index contributed by atoms with van der Waals surface area (Å²) < 4.78 is 7.66. The van der Waals surface area contributed by atoms with Crippen LogP contribution in [0.5, 0.6) is 5.75 Å². The average Bonchev–Trinajstić information content (AvgIpc) is 3.06. The van der Waals surface area contributed by atoms with Gasteiger partial charge in [-0.25, -0.2) is 9.67 Å². The van der Waals surface area contributed by atoms with E-state index in [-0.39, 0.29) is 5.56 Å². The molecule has 4 aromatic rings. The van der Waals surface area contributed by atoms with Gasteiger partial charge >= 0.3 is 0 Å². The summed E-state index contributed by atoms with van der Waals surface area (Å²) in [5.74, 6) is 0.750. The lowest BCUT2D eigenvalue weighted by Gasteiger charge is -2.10. The number of hydrogen-bond donors (Lipinski definition) is 0. The van der Waals surface area contributed by atoms with Gasteiger partial charge in [0.25, 0.3) is 5.56 Å². The first-order valence-electron chi connectivity index (χ1n) is 8.63. The van der Waals surface area contributed by atoms with Gasteiger partial charge in [0.1, 0.15) is 11.4 Å². The second-order valence-electron chi connectivity index (χ2n) is 6.44. The van der Waals surface area contributed by atoms with Crippen molar-refractivity contribution < 1.29 is 4.74 Å². The molecule has 0 aliphatic rings. The molecule has 0 saturated heterocycles. The second kappa shape index (κ2) is 6.96. The Bertz CT molecular complexity index is 1190. The molecule has 5 nitrogen and oxygen atoms in total. The van der Waals surface area contributed by atoms with Crippen LogP contribution in [0.25, 0.3) is 21.5 Å². The maximum Gasteiger partial charge on any atom is 0.294 e. The summed E-state index contributed by atoms with van der Waals surface area (Å²) in [5, 5.41) is 5.55. The van der Waals surface area contributed by atoms with Gasteiger partial charge in [-0.3, -0.25) is 4.79 Å². The summed E-state index contributed by atoms with van der Waals surface area (Å²) in [7, 11) is 1.64. The van der Waals surface area contributed by atoms with Gasteiger partial charge in [-0.05, 0) is 31.5 Å². The lowest BCUT2D eigenvalue weighted by molar-refractivity contribution is 0.415. The minimum absolute atomic E-state index is 0.164. The molecule has 0 aliphatic heterocycles. The van der Waals surface area contributed by atoms with E-state index in [4.69, 9.17) is 9.84 Å². The molecular weight excluding hydrogens is 358 g/mol. The highest BCUT2D eigenvalue weighted by molar-refractivity contribution is 7.19. The number of benzene rings is 2. The number of aromatic nitrogens is 3. The highest BCUT2D eigenvalue weighted by Gasteiger charge is 2.17. The molecule has 4 rings (SSSR count). The molecule has 0 bridgehead atoms. The molecule has 2 aromatic carbocycles. The molecule has 0 N–H and O–H groups in total. The Kier molecular flexibility index (Phi) is 4.49. The third-order valence-electron chi connectivity index (χ3n) is 4.36. The number of aryl methyl sites for hydroxylation is 2. The lowest BCUT2D eigenvalue weighted by Crippen LogP contribution is -2.24. The van der Waals surface area contributed by atoms with E-state index in [1.165, 1.54) is 16.0 Å². The van der Waals surface area contributed by atoms with E-state index in [2.05, 4.69) is 11.1 Å². The van der Waals surface area contributed by atoms with Crippen molar-refractivity contribution in [2.24, 2.45) is 0 Å². The van der Waals surface area contributed by atoms with E-state index in [1.54, 1.807) is 7.11 Å². The molecule has 0 amide bonds. The largest absolute Gasteiger partial charge is 0.497 e. The van der Waals surface area contributed by atoms with E-state index in [0.717, 1.165) is 37.8 Å². The van der Waals surface area contributed by atoms with Gasteiger partial charge in [-0.1, -0.05) is 42.0 Å². The molecule has 2 aromatic heterocycles. The average molecular weight is 377 g/mol. The smallest absolute Gasteiger partial charge is 0.294 e. The van der Waals surface area contributed by atoms with Crippen molar-refractivity contribution in [3.63, 3.8) is 0 Å². The SMILES string of the molecule is COc1cccc(-c2nn(Cc3cccc(C)c3)c(=O)c3nc(C)sc23)c1. The van der Waals surface area contributed by atoms with Gasteiger partial charge in [0.05, 0.1) is 23.4 Å². The first-order valence-corrected chi connectivity index (χ1v) is 9.45. The van der Waals surface area contributed by atoms with E-state index >= 15 is 0 Å². The number of rotatable bonds is 4. The molecular formula is C21H19N3O2S. The molecule has 0 saturated carbocycles. The van der Waals surface area contributed by atoms with Crippen LogP contribution in [0.3, 0.4) is 0 Å². The number of nitrogens with zero attached hydrogens (tertiary/aromatic N) is 3. The van der Waals surface area contributed by atoms with Gasteiger partial charge in [0, 0.05) is 5.56 Å². The third-order valence-corrected chi connectivity index (χ3v) is 5.34. The zero-order chi connectivity index (χ0) is 19.0. The third kappa shape index (κ3) is 3.36. The molecule has 136 valence electrons. The summed E-state index contributed by atoms with van der Waals surface area (Å²) in [5.41, 5.74) is 4.15. The van der Waals surface area contributed by atoms with Crippen LogP contribution >= 0.6 is 11.3 Å². The van der Waals surface area contributed by atoms with Gasteiger partial charge in [0.15, 0.2) is 5.52 Å². The summed E-state index contributed by atoms with van der Waals surface area (Å²) in [6.07, 6.45) is 0. The first-order chi connectivity index (χ1) is 13.0. The summed E-state index contributed by atoms with van der Waals surface area (Å²) in [6.45, 7) is 4.35. The number of fused-ring (bicyclic) bond motifs is 1. The Labute approximate surface area is 160 Å². The van der Waals surface area contributed by atoms with Gasteiger partial charge in [0.2, 0.25) is 0 Å². The van der Waals surface area contributed by atoms with Crippen LogP contribution in [0.2, 0.25) is 0 Å². The Morgan fingerprint density at radius 2 is 1.93 bits per heavy atom. The predicted molar refractivity (Wildman–Crippen MR) is 109 cm³/mol. The van der Waals surface area contributed by atoms with Gasteiger partial charge in [-0.2, -0.15) is 5.10 Å². The van der Waals surface area contributed by atoms with Crippen LogP contribution in [0.1, 0.15) is 16.1 Å². The molecule has 0 radical (unpaired) electrons. The number of methoxy groups -OCH3 is 1. The van der Waals surface area contributed by atoms with E-state index < -0.39 is 0 Å². The lowest BCUT2D eigenvalue weighted by atomic mass is 10.1. The Hall–Kier alpha value is -2.99. The molecule has 6 heteroatoms. The second-order valence-corrected chi connectivity index (χ2v) is 7.65. The van der Waals surface area contributed by atoms with Crippen molar-refractivity contribution in [1.29, 1.82) is 0 Å². The highest BCUT2D eigenvalue weighted by Crippen LogP contribution is 2.31. The topological polar surface area (TPSA) is 57.0 Å². The van der Waals surface area contributed by atoms with Gasteiger partial charge in [-0.15, -0.1) is 11.3 Å². The Morgan fingerprint density at radius 3 is 2.70 bits per heavy atom. The Balaban J connectivity index is 1.92. The zero-order valence-electron chi connectivity index (χ0n) is 15.4. The van der Waals surface area contributed by atoms with Crippen LogP contribution in [-0.4, -0.2) is 21.9 Å². The van der Waals surface area contributed by atoms with Crippen molar-refractivity contribution >= 4 is 21.6 Å². The van der Waals surface area contributed by atoms with E-state index in [0.29, 0.717) is 12.1 Å². The molecule has 27 heavy (non-hydrogen) atoms. The van der Waals surface area contributed by atoms with Crippen LogP contribution in [0.4, 0.5) is 0 Å². The molecule has 0 fully saturated rings. The summed E-state index contributed by atoms with van der Waals surface area (Å²) in [6, 6.07) is 15.8. The Morgan fingerprint density at radius 1 is 1.11 bits per heavy atom. The van der Waals surface area contributed by atoms with Crippen molar-refractivity contribution in [2.45, 2.75) is 20.4 Å². The van der Waals surface area contributed by atoms with Crippen LogP contribution in [0, 0.1) is 13.8 Å². The fourth-order valence-corrected chi connectivity index (χ4v) is 4.03. The molecule has 0 atom stereocenters.